The van der Waals surface area contributed by atoms with Gasteiger partial charge in [-0.1, -0.05) is 60.0 Å². The third kappa shape index (κ3) is 10.4. The standard InChI is InChI=1S/2C14H13N2O.Cu.Fe/c2*1-11(12-6-2-3-7-12)16-15-10-13-8-4-5-9-14(13)17;;/h2*2-10,17H,1H3;;/q;;2*+2/p-2/b2*15-10+,16-11+;;. The normalized spacial score (nSPS) is 17.1. The minimum absolute atomic E-state index is 0. The number of nitrogens with zero attached hydrogens (tertiary/aromatic N) is 4. The van der Waals surface area contributed by atoms with Gasteiger partial charge in [0.1, 0.15) is 0 Å². The second kappa shape index (κ2) is 17.3. The van der Waals surface area contributed by atoms with E-state index in [2.05, 4.69) is 20.4 Å². The molecule has 0 spiro atoms. The fraction of sp³-hybridized carbons (Fsp3) is 0.0714. The van der Waals surface area contributed by atoms with E-state index in [0.29, 0.717) is 11.1 Å². The molecule has 185 valence electrons. The van der Waals surface area contributed by atoms with Crippen LogP contribution in [-0.2, 0) is 34.1 Å². The Labute approximate surface area is 236 Å². The molecular weight excluding hydrogens is 544 g/mol. The molecule has 0 atom stereocenters. The molecule has 2 aromatic rings. The smallest absolute Gasteiger partial charge is 0.872 e. The van der Waals surface area contributed by atoms with Crippen LogP contribution in [0.2, 0.25) is 0 Å². The van der Waals surface area contributed by atoms with Gasteiger partial charge < -0.3 is 10.2 Å². The fourth-order valence-corrected chi connectivity index (χ4v) is 2.88. The van der Waals surface area contributed by atoms with E-state index in [9.17, 15) is 10.2 Å². The Morgan fingerprint density at radius 2 is 0.944 bits per heavy atom. The average Bonchev–Trinajstić information content (AvgIpc) is 3.57. The van der Waals surface area contributed by atoms with Gasteiger partial charge in [-0.05, 0) is 76.3 Å². The Kier molecular flexibility index (Phi) is 15.2. The monoisotopic (exact) mass is 567 g/mol. The summed E-state index contributed by atoms with van der Waals surface area (Å²) in [6.07, 6.45) is 18.6. The van der Waals surface area contributed by atoms with Crippen molar-refractivity contribution < 1.29 is 44.4 Å². The molecule has 0 heterocycles. The molecule has 2 aliphatic carbocycles. The zero-order chi connectivity index (χ0) is 24.2. The molecule has 2 fully saturated rings. The first kappa shape index (κ1) is 31.8. The zero-order valence-electron chi connectivity index (χ0n) is 19.7. The Morgan fingerprint density at radius 1 is 0.611 bits per heavy atom. The first-order valence-corrected chi connectivity index (χ1v) is 10.7. The summed E-state index contributed by atoms with van der Waals surface area (Å²) in [5.74, 6) is 1.99. The predicted octanol–water partition coefficient (Wildman–Crippen LogP) is 3.92. The molecule has 0 aliphatic heterocycles. The van der Waals surface area contributed by atoms with Crippen LogP contribution in [0.5, 0.6) is 11.5 Å². The van der Waals surface area contributed by atoms with Crippen LogP contribution in [0.25, 0.3) is 0 Å². The first-order valence-electron chi connectivity index (χ1n) is 10.7. The number of hydrogen-bond donors (Lipinski definition) is 0. The Bertz CT molecular complexity index is 960. The van der Waals surface area contributed by atoms with Gasteiger partial charge in [0.25, 0.3) is 0 Å². The van der Waals surface area contributed by atoms with Gasteiger partial charge in [-0.15, -0.1) is 0 Å². The minimum Gasteiger partial charge on any atom is -0.872 e. The van der Waals surface area contributed by atoms with Crippen molar-refractivity contribution in [3.63, 3.8) is 0 Å². The summed E-state index contributed by atoms with van der Waals surface area (Å²) in [7, 11) is 0. The van der Waals surface area contributed by atoms with Gasteiger partial charge in [-0.3, -0.25) is 0 Å². The maximum Gasteiger partial charge on any atom is 2.00 e. The van der Waals surface area contributed by atoms with Gasteiger partial charge in [-0.2, -0.15) is 20.4 Å². The maximum absolute atomic E-state index is 11.4. The van der Waals surface area contributed by atoms with Gasteiger partial charge in [0.15, 0.2) is 0 Å². The Hall–Kier alpha value is -2.24. The molecule has 4 rings (SSSR count). The predicted molar refractivity (Wildman–Crippen MR) is 134 cm³/mol. The van der Waals surface area contributed by atoms with Crippen molar-refractivity contribution in [2.75, 3.05) is 0 Å². The third-order valence-corrected chi connectivity index (χ3v) is 4.81. The van der Waals surface area contributed by atoms with Crippen molar-refractivity contribution in [2.24, 2.45) is 20.4 Å². The summed E-state index contributed by atoms with van der Waals surface area (Å²) in [6, 6.07) is 13.5. The van der Waals surface area contributed by atoms with Crippen molar-refractivity contribution in [3.05, 3.63) is 123 Å². The van der Waals surface area contributed by atoms with E-state index in [4.69, 9.17) is 0 Å². The Morgan fingerprint density at radius 3 is 1.28 bits per heavy atom. The molecule has 11 radical (unpaired) electrons. The fourth-order valence-electron chi connectivity index (χ4n) is 2.88. The van der Waals surface area contributed by atoms with E-state index in [1.54, 1.807) is 36.4 Å². The van der Waals surface area contributed by atoms with Crippen molar-refractivity contribution in [3.8, 4) is 11.5 Å². The van der Waals surface area contributed by atoms with Crippen LogP contribution in [0.4, 0.5) is 0 Å². The molecule has 6 nitrogen and oxygen atoms in total. The van der Waals surface area contributed by atoms with E-state index in [-0.39, 0.29) is 45.6 Å². The van der Waals surface area contributed by atoms with E-state index in [1.807, 2.05) is 65.2 Å². The minimum atomic E-state index is -0.0441. The first-order chi connectivity index (χ1) is 16.5. The summed E-state index contributed by atoms with van der Waals surface area (Å²) in [6.45, 7) is 3.77. The summed E-state index contributed by atoms with van der Waals surface area (Å²) < 4.78 is 0. The molecule has 0 bridgehead atoms. The number of benzene rings is 2. The molecule has 2 aromatic carbocycles. The third-order valence-electron chi connectivity index (χ3n) is 4.81. The van der Waals surface area contributed by atoms with E-state index >= 15 is 0 Å². The molecule has 2 aliphatic rings. The molecule has 2 saturated carbocycles. The SMILES string of the molecule is C/C(=N\N=C\c1ccccc1[O-])[C]1[CH][CH][CH][CH]1.C/C(=N\N=C\c1ccccc1[O-])[C]1[CH][CH][CH][CH]1.[Cu+2].[Fe+2]. The summed E-state index contributed by atoms with van der Waals surface area (Å²) in [5.41, 5.74) is 2.75. The van der Waals surface area contributed by atoms with Crippen molar-refractivity contribution in [2.45, 2.75) is 13.8 Å². The molecule has 0 amide bonds. The van der Waals surface area contributed by atoms with Gasteiger partial charge in [0.05, 0.1) is 12.4 Å². The molecule has 0 N–H and O–H groups in total. The molecule has 0 saturated heterocycles. The molecule has 0 unspecified atom stereocenters. The summed E-state index contributed by atoms with van der Waals surface area (Å²) in [5, 5.41) is 38.7. The van der Waals surface area contributed by atoms with Crippen LogP contribution in [0.1, 0.15) is 25.0 Å². The zero-order valence-corrected chi connectivity index (χ0v) is 21.7. The molecular formula is C28H24CuFeN4O2+2. The van der Waals surface area contributed by atoms with E-state index in [0.717, 1.165) is 23.3 Å². The summed E-state index contributed by atoms with van der Waals surface area (Å²) in [4.78, 5) is 0. The number of para-hydroxylation sites is 2. The summed E-state index contributed by atoms with van der Waals surface area (Å²) >= 11 is 0. The van der Waals surface area contributed by atoms with Gasteiger partial charge in [0.2, 0.25) is 0 Å². The van der Waals surface area contributed by atoms with Gasteiger partial charge in [0, 0.05) is 23.3 Å². The maximum atomic E-state index is 11.4. The number of hydrogen-bond acceptors (Lipinski definition) is 6. The molecule has 8 heteroatoms. The van der Waals surface area contributed by atoms with Crippen LogP contribution in [0, 0.1) is 63.2 Å². The largest absolute Gasteiger partial charge is 2.00 e. The molecule has 0 aromatic heterocycles. The van der Waals surface area contributed by atoms with E-state index < -0.39 is 0 Å². The van der Waals surface area contributed by atoms with Crippen LogP contribution in [0.3, 0.4) is 0 Å². The molecule has 36 heavy (non-hydrogen) atoms. The van der Waals surface area contributed by atoms with Crippen LogP contribution in [-0.4, -0.2) is 23.9 Å². The van der Waals surface area contributed by atoms with Crippen LogP contribution in [0.15, 0.2) is 68.9 Å². The van der Waals surface area contributed by atoms with Gasteiger partial charge >= 0.3 is 34.1 Å². The van der Waals surface area contributed by atoms with Crippen molar-refractivity contribution in [1.29, 1.82) is 0 Å². The second-order valence-electron chi connectivity index (χ2n) is 7.28. The van der Waals surface area contributed by atoms with Crippen LogP contribution < -0.4 is 10.2 Å². The van der Waals surface area contributed by atoms with Crippen molar-refractivity contribution >= 4 is 23.9 Å². The van der Waals surface area contributed by atoms with Gasteiger partial charge in [-0.25, -0.2) is 0 Å². The quantitative estimate of drug-likeness (QED) is 0.301. The van der Waals surface area contributed by atoms with Crippen LogP contribution >= 0.6 is 0 Å². The second-order valence-corrected chi connectivity index (χ2v) is 7.28. The number of rotatable bonds is 6. The Balaban J connectivity index is 0.000000341. The average molecular weight is 568 g/mol. The van der Waals surface area contributed by atoms with E-state index in [1.165, 1.54) is 24.6 Å². The topological polar surface area (TPSA) is 95.6 Å². The van der Waals surface area contributed by atoms with Crippen molar-refractivity contribution in [1.82, 2.24) is 0 Å².